The van der Waals surface area contributed by atoms with Gasteiger partial charge in [0.2, 0.25) is 0 Å². The van der Waals surface area contributed by atoms with Crippen LogP contribution in [0.15, 0.2) is 11.6 Å². The van der Waals surface area contributed by atoms with Gasteiger partial charge in [0.1, 0.15) is 0 Å². The first-order valence-electron chi connectivity index (χ1n) is 7.01. The van der Waals surface area contributed by atoms with Crippen molar-refractivity contribution in [2.24, 2.45) is 17.8 Å². The molecule has 0 unspecified atom stereocenters. The molecule has 0 aromatic rings. The van der Waals surface area contributed by atoms with Gasteiger partial charge in [-0.25, -0.2) is 0 Å². The third kappa shape index (κ3) is 2.49. The summed E-state index contributed by atoms with van der Waals surface area (Å²) in [6.45, 7) is 5.73. The van der Waals surface area contributed by atoms with Gasteiger partial charge in [0.05, 0.1) is 17.8 Å². The van der Waals surface area contributed by atoms with Crippen molar-refractivity contribution < 1.29 is 15.3 Å². The Morgan fingerprint density at radius 1 is 1.39 bits per heavy atom. The van der Waals surface area contributed by atoms with Crippen LogP contribution < -0.4 is 0 Å². The minimum absolute atomic E-state index is 0.101. The lowest BCUT2D eigenvalue weighted by molar-refractivity contribution is -0.116. The lowest BCUT2D eigenvalue weighted by atomic mass is 9.57. The minimum Gasteiger partial charge on any atom is -0.392 e. The second kappa shape index (κ2) is 4.62. The van der Waals surface area contributed by atoms with Crippen molar-refractivity contribution in [3.63, 3.8) is 0 Å². The van der Waals surface area contributed by atoms with Gasteiger partial charge in [0, 0.05) is 0 Å². The van der Waals surface area contributed by atoms with E-state index in [2.05, 4.69) is 6.08 Å². The van der Waals surface area contributed by atoms with Gasteiger partial charge in [0.15, 0.2) is 0 Å². The molecule has 0 aromatic carbocycles. The molecule has 104 valence electrons. The topological polar surface area (TPSA) is 60.7 Å². The molecule has 0 spiro atoms. The molecule has 1 saturated carbocycles. The maximum atomic E-state index is 10.5. The monoisotopic (exact) mass is 254 g/mol. The van der Waals surface area contributed by atoms with E-state index in [0.29, 0.717) is 0 Å². The Morgan fingerprint density at radius 3 is 2.61 bits per heavy atom. The summed E-state index contributed by atoms with van der Waals surface area (Å²) in [5.74, 6) is 0.562. The van der Waals surface area contributed by atoms with E-state index in [1.165, 1.54) is 0 Å². The maximum Gasteiger partial charge on any atom is 0.0653 e. The van der Waals surface area contributed by atoms with Crippen molar-refractivity contribution in [2.75, 3.05) is 6.61 Å². The van der Waals surface area contributed by atoms with E-state index in [9.17, 15) is 15.3 Å². The third-order valence-corrected chi connectivity index (χ3v) is 5.00. The molecule has 4 atom stereocenters. The Balaban J connectivity index is 2.32. The normalized spacial score (nSPS) is 41.2. The fourth-order valence-electron chi connectivity index (χ4n) is 3.91. The predicted molar refractivity (Wildman–Crippen MR) is 71.0 cm³/mol. The molecule has 2 aliphatic rings. The summed E-state index contributed by atoms with van der Waals surface area (Å²) in [7, 11) is 0. The zero-order valence-corrected chi connectivity index (χ0v) is 11.7. The highest BCUT2D eigenvalue weighted by Gasteiger charge is 2.49. The third-order valence-electron chi connectivity index (χ3n) is 5.00. The molecule has 0 amide bonds. The number of hydrogen-bond donors (Lipinski definition) is 3. The predicted octanol–water partition coefficient (Wildman–Crippen LogP) is 1.86. The van der Waals surface area contributed by atoms with E-state index < -0.39 is 11.2 Å². The zero-order valence-electron chi connectivity index (χ0n) is 11.7. The summed E-state index contributed by atoms with van der Waals surface area (Å²) >= 11 is 0. The fraction of sp³-hybridized carbons (Fsp3) is 0.867. The molecular formula is C15H26O3. The van der Waals surface area contributed by atoms with Gasteiger partial charge >= 0.3 is 0 Å². The van der Waals surface area contributed by atoms with Crippen molar-refractivity contribution >= 4 is 0 Å². The molecule has 18 heavy (non-hydrogen) atoms. The summed E-state index contributed by atoms with van der Waals surface area (Å²) in [5.41, 5.74) is -0.305. The van der Waals surface area contributed by atoms with Crippen molar-refractivity contribution in [2.45, 2.75) is 57.7 Å². The first-order valence-corrected chi connectivity index (χ1v) is 7.01. The summed E-state index contributed by atoms with van der Waals surface area (Å²) < 4.78 is 0. The standard InChI is InChI=1S/C15H26O3/c1-14(2,17)12-6-7-15(3,18)13-5-4-10(9-16)8-11(12)13/h8,11-13,16-18H,4-7,9H2,1-3H3/t11-,12+,13-,15-/m0/s1. The first-order chi connectivity index (χ1) is 8.25. The van der Waals surface area contributed by atoms with Gasteiger partial charge in [-0.1, -0.05) is 6.08 Å². The maximum absolute atomic E-state index is 10.5. The van der Waals surface area contributed by atoms with E-state index in [0.717, 1.165) is 31.3 Å². The van der Waals surface area contributed by atoms with Gasteiger partial charge in [-0.2, -0.15) is 0 Å². The van der Waals surface area contributed by atoms with Gasteiger partial charge in [-0.3, -0.25) is 0 Å². The second-order valence-corrected chi connectivity index (χ2v) is 6.86. The van der Waals surface area contributed by atoms with Crippen molar-refractivity contribution in [3.8, 4) is 0 Å². The number of aliphatic hydroxyl groups excluding tert-OH is 1. The van der Waals surface area contributed by atoms with Crippen molar-refractivity contribution in [3.05, 3.63) is 11.6 Å². The van der Waals surface area contributed by atoms with Gasteiger partial charge in [0.25, 0.3) is 0 Å². The van der Waals surface area contributed by atoms with Crippen LogP contribution in [0, 0.1) is 17.8 Å². The van der Waals surface area contributed by atoms with Crippen LogP contribution >= 0.6 is 0 Å². The molecule has 0 radical (unpaired) electrons. The molecule has 0 aliphatic heterocycles. The average molecular weight is 254 g/mol. The molecule has 0 aromatic heterocycles. The van der Waals surface area contributed by atoms with Crippen LogP contribution in [0.3, 0.4) is 0 Å². The number of aliphatic hydroxyl groups is 3. The molecule has 0 bridgehead atoms. The molecule has 2 aliphatic carbocycles. The smallest absolute Gasteiger partial charge is 0.0653 e. The second-order valence-electron chi connectivity index (χ2n) is 6.86. The Bertz CT molecular complexity index is 338. The Kier molecular flexibility index (Phi) is 3.60. The van der Waals surface area contributed by atoms with Crippen LogP contribution in [0.4, 0.5) is 0 Å². The Labute approximate surface area is 110 Å². The number of allylic oxidation sites excluding steroid dienone is 1. The highest BCUT2D eigenvalue weighted by atomic mass is 16.3. The Hall–Kier alpha value is -0.380. The number of rotatable bonds is 2. The average Bonchev–Trinajstić information content (AvgIpc) is 2.26. The lowest BCUT2D eigenvalue weighted by Crippen LogP contribution is -2.52. The number of fused-ring (bicyclic) bond motifs is 1. The zero-order chi connectivity index (χ0) is 13.6. The van der Waals surface area contributed by atoms with Crippen LogP contribution in [0.5, 0.6) is 0 Å². The van der Waals surface area contributed by atoms with Crippen LogP contribution in [0.25, 0.3) is 0 Å². The summed E-state index contributed by atoms with van der Waals surface area (Å²) in [5, 5.41) is 30.2. The van der Waals surface area contributed by atoms with Gasteiger partial charge in [-0.15, -0.1) is 0 Å². The van der Waals surface area contributed by atoms with Crippen LogP contribution in [0.2, 0.25) is 0 Å². The molecule has 3 N–H and O–H groups in total. The van der Waals surface area contributed by atoms with Crippen LogP contribution in [-0.4, -0.2) is 33.1 Å². The highest BCUT2D eigenvalue weighted by Crippen LogP contribution is 2.50. The van der Waals surface area contributed by atoms with E-state index in [1.54, 1.807) is 0 Å². The molecule has 3 heteroatoms. The molecule has 3 nitrogen and oxygen atoms in total. The quantitative estimate of drug-likeness (QED) is 0.659. The van der Waals surface area contributed by atoms with E-state index in [1.807, 2.05) is 20.8 Å². The summed E-state index contributed by atoms with van der Waals surface area (Å²) in [6.07, 6.45) is 5.49. The Morgan fingerprint density at radius 2 is 2.06 bits per heavy atom. The molecule has 0 saturated heterocycles. The molecular weight excluding hydrogens is 228 g/mol. The van der Waals surface area contributed by atoms with E-state index in [4.69, 9.17) is 0 Å². The minimum atomic E-state index is -0.728. The van der Waals surface area contributed by atoms with Gasteiger partial charge in [-0.05, 0) is 69.8 Å². The van der Waals surface area contributed by atoms with Crippen molar-refractivity contribution in [1.82, 2.24) is 0 Å². The molecule has 1 fully saturated rings. The molecule has 0 heterocycles. The summed E-state index contributed by atoms with van der Waals surface area (Å²) in [4.78, 5) is 0. The van der Waals surface area contributed by atoms with Crippen LogP contribution in [0.1, 0.15) is 46.5 Å². The fourth-order valence-corrected chi connectivity index (χ4v) is 3.91. The van der Waals surface area contributed by atoms with Crippen LogP contribution in [-0.2, 0) is 0 Å². The van der Waals surface area contributed by atoms with Gasteiger partial charge < -0.3 is 15.3 Å². The largest absolute Gasteiger partial charge is 0.392 e. The van der Waals surface area contributed by atoms with E-state index in [-0.39, 0.29) is 24.4 Å². The SMILES string of the molecule is CC(C)(O)[C@@H]1CC[C@](C)(O)[C@H]2CCC(CO)=C[C@@H]12. The highest BCUT2D eigenvalue weighted by molar-refractivity contribution is 5.16. The first kappa shape index (κ1) is 14.0. The van der Waals surface area contributed by atoms with E-state index >= 15 is 0 Å². The summed E-state index contributed by atoms with van der Waals surface area (Å²) in [6, 6.07) is 0. The van der Waals surface area contributed by atoms with Crippen molar-refractivity contribution in [1.29, 1.82) is 0 Å². The number of hydrogen-bond acceptors (Lipinski definition) is 3. The molecule has 2 rings (SSSR count). The lowest BCUT2D eigenvalue weighted by Gasteiger charge is -2.51.